The molecule has 1 fully saturated rings. The summed E-state index contributed by atoms with van der Waals surface area (Å²) >= 11 is 4.98. The summed E-state index contributed by atoms with van der Waals surface area (Å²) in [6.07, 6.45) is 2.37. The lowest BCUT2D eigenvalue weighted by Crippen LogP contribution is -2.32. The quantitative estimate of drug-likeness (QED) is 0.776. The first-order chi connectivity index (χ1) is 8.61. The van der Waals surface area contributed by atoms with E-state index >= 15 is 0 Å². The summed E-state index contributed by atoms with van der Waals surface area (Å²) in [6, 6.07) is 2.34. The number of hydrogen-bond donors (Lipinski definition) is 1. The van der Waals surface area contributed by atoms with Gasteiger partial charge in [-0.25, -0.2) is 9.97 Å². The fourth-order valence-electron chi connectivity index (χ4n) is 1.83. The van der Waals surface area contributed by atoms with Crippen LogP contribution in [0.5, 0.6) is 0 Å². The summed E-state index contributed by atoms with van der Waals surface area (Å²) in [5.41, 5.74) is 7.16. The van der Waals surface area contributed by atoms with Crippen molar-refractivity contribution in [2.45, 2.75) is 25.8 Å². The Balaban J connectivity index is 2.25. The van der Waals surface area contributed by atoms with Crippen LogP contribution < -0.4 is 10.6 Å². The van der Waals surface area contributed by atoms with Crippen molar-refractivity contribution >= 4 is 23.2 Å². The molecule has 0 radical (unpaired) electrons. The van der Waals surface area contributed by atoms with E-state index in [1.807, 2.05) is 13.0 Å². The zero-order valence-electron chi connectivity index (χ0n) is 10.7. The highest BCUT2D eigenvalue weighted by Crippen LogP contribution is 2.29. The number of rotatable bonds is 6. The first-order valence-corrected chi connectivity index (χ1v) is 6.43. The maximum atomic E-state index is 5.64. The number of aromatic nitrogens is 2. The van der Waals surface area contributed by atoms with Gasteiger partial charge in [-0.1, -0.05) is 12.2 Å². The summed E-state index contributed by atoms with van der Waals surface area (Å²) in [7, 11) is 1.70. The highest BCUT2D eigenvalue weighted by molar-refractivity contribution is 7.80. The lowest BCUT2D eigenvalue weighted by atomic mass is 10.3. The molecule has 0 bridgehead atoms. The van der Waals surface area contributed by atoms with E-state index in [0.29, 0.717) is 29.3 Å². The van der Waals surface area contributed by atoms with Crippen LogP contribution in [0.2, 0.25) is 0 Å². The van der Waals surface area contributed by atoms with Crippen LogP contribution in [0.1, 0.15) is 24.2 Å². The van der Waals surface area contributed by atoms with E-state index in [1.165, 1.54) is 12.8 Å². The zero-order valence-corrected chi connectivity index (χ0v) is 11.5. The standard InChI is InChI=1S/C12H18N4OS/c1-8-7-10(11(13)18)15-12(14-8)16(5-6-17-2)9-3-4-9/h7,9H,3-6H2,1-2H3,(H2,13,18). The molecule has 2 N–H and O–H groups in total. The van der Waals surface area contributed by atoms with Gasteiger partial charge in [0.15, 0.2) is 0 Å². The van der Waals surface area contributed by atoms with Crippen LogP contribution in [0.25, 0.3) is 0 Å². The molecule has 0 unspecified atom stereocenters. The highest BCUT2D eigenvalue weighted by atomic mass is 32.1. The van der Waals surface area contributed by atoms with Crippen molar-refractivity contribution in [1.29, 1.82) is 0 Å². The van der Waals surface area contributed by atoms with E-state index in [0.717, 1.165) is 12.2 Å². The van der Waals surface area contributed by atoms with Crippen LogP contribution >= 0.6 is 12.2 Å². The Labute approximate surface area is 112 Å². The normalized spacial score (nSPS) is 14.6. The number of hydrogen-bond acceptors (Lipinski definition) is 5. The number of thiocarbonyl (C=S) groups is 1. The molecule has 98 valence electrons. The Bertz CT molecular complexity index is 448. The molecule has 0 saturated heterocycles. The Morgan fingerprint density at radius 2 is 2.28 bits per heavy atom. The van der Waals surface area contributed by atoms with Gasteiger partial charge in [0.2, 0.25) is 5.95 Å². The highest BCUT2D eigenvalue weighted by Gasteiger charge is 2.30. The zero-order chi connectivity index (χ0) is 13.1. The second-order valence-corrected chi connectivity index (χ2v) is 4.92. The average Bonchev–Trinajstić information content (AvgIpc) is 3.13. The first kappa shape index (κ1) is 13.2. The van der Waals surface area contributed by atoms with Crippen LogP contribution in [0.15, 0.2) is 6.07 Å². The van der Waals surface area contributed by atoms with Gasteiger partial charge in [-0.15, -0.1) is 0 Å². The van der Waals surface area contributed by atoms with E-state index in [1.54, 1.807) is 7.11 Å². The van der Waals surface area contributed by atoms with Crippen molar-refractivity contribution in [1.82, 2.24) is 9.97 Å². The maximum Gasteiger partial charge on any atom is 0.226 e. The molecule has 0 amide bonds. The summed E-state index contributed by atoms with van der Waals surface area (Å²) in [6.45, 7) is 3.38. The van der Waals surface area contributed by atoms with E-state index in [4.69, 9.17) is 22.7 Å². The van der Waals surface area contributed by atoms with Gasteiger partial charge in [-0.3, -0.25) is 0 Å². The van der Waals surface area contributed by atoms with Crippen LogP contribution in [0.4, 0.5) is 5.95 Å². The van der Waals surface area contributed by atoms with E-state index < -0.39 is 0 Å². The third-order valence-electron chi connectivity index (χ3n) is 2.88. The van der Waals surface area contributed by atoms with Crippen LogP contribution in [0, 0.1) is 6.92 Å². The number of anilines is 1. The summed E-state index contributed by atoms with van der Waals surface area (Å²) in [4.78, 5) is 11.4. The molecule has 1 aromatic rings. The van der Waals surface area contributed by atoms with Crippen molar-refractivity contribution in [2.75, 3.05) is 25.2 Å². The maximum absolute atomic E-state index is 5.64. The number of methoxy groups -OCH3 is 1. The molecule has 1 aliphatic carbocycles. The largest absolute Gasteiger partial charge is 0.388 e. The van der Waals surface area contributed by atoms with Gasteiger partial charge in [0.25, 0.3) is 0 Å². The lowest BCUT2D eigenvalue weighted by Gasteiger charge is -2.22. The van der Waals surface area contributed by atoms with Crippen molar-refractivity contribution in [3.8, 4) is 0 Å². The monoisotopic (exact) mass is 266 g/mol. The minimum absolute atomic E-state index is 0.309. The van der Waals surface area contributed by atoms with Crippen LogP contribution in [-0.2, 0) is 4.74 Å². The number of nitrogens with zero attached hydrogens (tertiary/aromatic N) is 3. The smallest absolute Gasteiger partial charge is 0.226 e. The molecule has 5 nitrogen and oxygen atoms in total. The van der Waals surface area contributed by atoms with Gasteiger partial charge >= 0.3 is 0 Å². The fourth-order valence-corrected chi connectivity index (χ4v) is 1.93. The minimum atomic E-state index is 0.309. The van der Waals surface area contributed by atoms with Gasteiger partial charge in [-0.2, -0.15) is 0 Å². The third kappa shape index (κ3) is 3.14. The predicted molar refractivity (Wildman–Crippen MR) is 74.9 cm³/mol. The second kappa shape index (κ2) is 5.58. The molecule has 1 heterocycles. The molecule has 1 aromatic heterocycles. The molecule has 18 heavy (non-hydrogen) atoms. The van der Waals surface area contributed by atoms with Crippen molar-refractivity contribution in [3.05, 3.63) is 17.5 Å². The molecule has 1 saturated carbocycles. The third-order valence-corrected chi connectivity index (χ3v) is 3.08. The molecular weight excluding hydrogens is 248 g/mol. The lowest BCUT2D eigenvalue weighted by molar-refractivity contribution is 0.204. The summed E-state index contributed by atoms with van der Waals surface area (Å²) < 4.78 is 5.13. The van der Waals surface area contributed by atoms with Gasteiger partial charge < -0.3 is 15.4 Å². The Kier molecular flexibility index (Phi) is 4.08. The average molecular weight is 266 g/mol. The molecule has 0 atom stereocenters. The first-order valence-electron chi connectivity index (χ1n) is 6.03. The predicted octanol–water partition coefficient (Wildman–Crippen LogP) is 1.03. The Morgan fingerprint density at radius 3 is 2.83 bits per heavy atom. The van der Waals surface area contributed by atoms with Gasteiger partial charge in [0, 0.05) is 25.4 Å². The number of aryl methyl sites for hydroxylation is 1. The molecule has 6 heteroatoms. The SMILES string of the molecule is COCCN(c1nc(C)cc(C(N)=S)n1)C1CC1. The van der Waals surface area contributed by atoms with Gasteiger partial charge in [0.1, 0.15) is 10.7 Å². The molecular formula is C12H18N4OS. The summed E-state index contributed by atoms with van der Waals surface area (Å²) in [5, 5.41) is 0. The van der Waals surface area contributed by atoms with E-state index in [-0.39, 0.29) is 0 Å². The Hall–Kier alpha value is -1.27. The molecule has 2 rings (SSSR count). The minimum Gasteiger partial charge on any atom is -0.388 e. The topological polar surface area (TPSA) is 64.3 Å². The van der Waals surface area contributed by atoms with Crippen LogP contribution in [-0.4, -0.2) is 41.3 Å². The van der Waals surface area contributed by atoms with Gasteiger partial charge in [0.05, 0.1) is 6.61 Å². The van der Waals surface area contributed by atoms with Crippen molar-refractivity contribution < 1.29 is 4.74 Å². The van der Waals surface area contributed by atoms with E-state index in [2.05, 4.69) is 14.9 Å². The molecule has 0 spiro atoms. The second-order valence-electron chi connectivity index (χ2n) is 4.48. The van der Waals surface area contributed by atoms with Crippen molar-refractivity contribution in [2.24, 2.45) is 5.73 Å². The van der Waals surface area contributed by atoms with Gasteiger partial charge in [-0.05, 0) is 25.8 Å². The number of nitrogens with two attached hydrogens (primary N) is 1. The van der Waals surface area contributed by atoms with E-state index in [9.17, 15) is 0 Å². The fraction of sp³-hybridized carbons (Fsp3) is 0.583. The summed E-state index contributed by atoms with van der Waals surface area (Å²) in [5.74, 6) is 0.706. The molecule has 0 aromatic carbocycles. The number of ether oxygens (including phenoxy) is 1. The van der Waals surface area contributed by atoms with Crippen molar-refractivity contribution in [3.63, 3.8) is 0 Å². The van der Waals surface area contributed by atoms with Crippen LogP contribution in [0.3, 0.4) is 0 Å². The molecule has 0 aliphatic heterocycles. The molecule has 1 aliphatic rings. The Morgan fingerprint density at radius 1 is 1.56 bits per heavy atom.